The molecule has 1 unspecified atom stereocenters. The molecule has 0 radical (unpaired) electrons. The lowest BCUT2D eigenvalue weighted by molar-refractivity contribution is 0.367. The average molecular weight is 273 g/mol. The summed E-state index contributed by atoms with van der Waals surface area (Å²) in [6, 6.07) is 0. The highest BCUT2D eigenvalue weighted by atomic mass is 32.2. The first-order valence-electron chi connectivity index (χ1n) is 6.29. The summed E-state index contributed by atoms with van der Waals surface area (Å²) in [5.74, 6) is 1.36. The van der Waals surface area contributed by atoms with Gasteiger partial charge in [-0.2, -0.15) is 4.98 Å². The van der Waals surface area contributed by atoms with E-state index in [4.69, 9.17) is 4.52 Å². The van der Waals surface area contributed by atoms with Crippen molar-refractivity contribution in [2.45, 2.75) is 37.4 Å². The first kappa shape index (κ1) is 13.5. The largest absolute Gasteiger partial charge is 0.339 e. The minimum atomic E-state index is -2.97. The van der Waals surface area contributed by atoms with Crippen molar-refractivity contribution >= 4 is 9.84 Å². The van der Waals surface area contributed by atoms with Gasteiger partial charge in [0.05, 0.1) is 11.0 Å². The molecule has 0 saturated carbocycles. The molecule has 18 heavy (non-hydrogen) atoms. The maximum absolute atomic E-state index is 11.9. The normalized spacial score (nSPS) is 23.1. The van der Waals surface area contributed by atoms with E-state index in [-0.39, 0.29) is 5.25 Å². The molecular formula is C11H19N3O3S. The fourth-order valence-corrected chi connectivity index (χ4v) is 4.02. The van der Waals surface area contributed by atoms with Gasteiger partial charge in [-0.1, -0.05) is 11.6 Å². The van der Waals surface area contributed by atoms with E-state index in [1.807, 2.05) is 7.05 Å². The molecule has 1 atom stereocenters. The van der Waals surface area contributed by atoms with Gasteiger partial charge in [0, 0.05) is 19.4 Å². The summed E-state index contributed by atoms with van der Waals surface area (Å²) in [5.41, 5.74) is 0. The van der Waals surface area contributed by atoms with Crippen LogP contribution in [0.25, 0.3) is 0 Å². The fourth-order valence-electron chi connectivity index (χ4n) is 2.16. The predicted molar refractivity (Wildman–Crippen MR) is 67.1 cm³/mol. The van der Waals surface area contributed by atoms with Crippen molar-refractivity contribution in [1.29, 1.82) is 0 Å². The lowest BCUT2D eigenvalue weighted by atomic mass is 10.1. The molecule has 1 aliphatic rings. The summed E-state index contributed by atoms with van der Waals surface area (Å²) in [4.78, 5) is 4.23. The van der Waals surface area contributed by atoms with Crippen molar-refractivity contribution in [3.8, 4) is 0 Å². The van der Waals surface area contributed by atoms with Gasteiger partial charge < -0.3 is 9.84 Å². The zero-order valence-electron chi connectivity index (χ0n) is 10.6. The molecule has 7 heteroatoms. The molecule has 0 aromatic carbocycles. The van der Waals surface area contributed by atoms with Gasteiger partial charge in [-0.25, -0.2) is 8.42 Å². The van der Waals surface area contributed by atoms with Crippen LogP contribution in [0.15, 0.2) is 4.52 Å². The van der Waals surface area contributed by atoms with E-state index in [1.54, 1.807) is 0 Å². The summed E-state index contributed by atoms with van der Waals surface area (Å²) in [6.07, 6.45) is 3.49. The molecule has 0 aliphatic carbocycles. The second-order valence-electron chi connectivity index (χ2n) is 4.65. The second-order valence-corrected chi connectivity index (χ2v) is 7.05. The second kappa shape index (κ2) is 5.79. The lowest BCUT2D eigenvalue weighted by Crippen LogP contribution is -2.30. The molecule has 0 spiro atoms. The monoisotopic (exact) mass is 273 g/mol. The third-order valence-electron chi connectivity index (χ3n) is 3.22. The lowest BCUT2D eigenvalue weighted by Gasteiger charge is -2.20. The van der Waals surface area contributed by atoms with E-state index in [1.165, 1.54) is 0 Å². The van der Waals surface area contributed by atoms with Crippen molar-refractivity contribution in [3.05, 3.63) is 11.7 Å². The Kier molecular flexibility index (Phi) is 4.34. The summed E-state index contributed by atoms with van der Waals surface area (Å²) in [6.45, 7) is 0.778. The van der Waals surface area contributed by atoms with Gasteiger partial charge in [0.15, 0.2) is 15.7 Å². The molecule has 6 nitrogen and oxygen atoms in total. The molecule has 1 aromatic rings. The number of hydrogen-bond donors (Lipinski definition) is 1. The smallest absolute Gasteiger partial charge is 0.227 e. The van der Waals surface area contributed by atoms with Crippen LogP contribution in [-0.2, 0) is 22.7 Å². The molecule has 2 rings (SSSR count). The minimum absolute atomic E-state index is 0.290. The van der Waals surface area contributed by atoms with Crippen molar-refractivity contribution in [2.75, 3.05) is 19.3 Å². The Bertz CT molecular complexity index is 483. The number of sulfone groups is 1. The van der Waals surface area contributed by atoms with Crippen LogP contribution in [-0.4, -0.2) is 43.2 Å². The first-order chi connectivity index (χ1) is 8.62. The van der Waals surface area contributed by atoms with E-state index >= 15 is 0 Å². The van der Waals surface area contributed by atoms with Crippen molar-refractivity contribution < 1.29 is 12.9 Å². The quantitative estimate of drug-likeness (QED) is 0.832. The van der Waals surface area contributed by atoms with Gasteiger partial charge in [0.2, 0.25) is 5.89 Å². The van der Waals surface area contributed by atoms with Crippen LogP contribution >= 0.6 is 0 Å². The highest BCUT2D eigenvalue weighted by Gasteiger charge is 2.30. The summed E-state index contributed by atoms with van der Waals surface area (Å²) in [5, 5.41) is 6.50. The third kappa shape index (κ3) is 3.29. The van der Waals surface area contributed by atoms with E-state index in [9.17, 15) is 8.42 Å². The van der Waals surface area contributed by atoms with Crippen LogP contribution in [0.3, 0.4) is 0 Å². The topological polar surface area (TPSA) is 85.1 Å². The van der Waals surface area contributed by atoms with Crippen LogP contribution in [0.2, 0.25) is 0 Å². The minimum Gasteiger partial charge on any atom is -0.339 e. The number of rotatable bonds is 5. The molecule has 1 aliphatic heterocycles. The molecule has 0 bridgehead atoms. The number of likely N-dealkylation sites (N-methyl/N-ethyl adjacent to an activating group) is 1. The van der Waals surface area contributed by atoms with E-state index in [0.29, 0.717) is 36.7 Å². The number of hydrogen-bond acceptors (Lipinski definition) is 6. The Morgan fingerprint density at radius 2 is 2.28 bits per heavy atom. The van der Waals surface area contributed by atoms with E-state index in [2.05, 4.69) is 15.5 Å². The molecule has 1 N–H and O–H groups in total. The maximum atomic E-state index is 11.9. The van der Waals surface area contributed by atoms with Crippen LogP contribution in [0.4, 0.5) is 0 Å². The Balaban J connectivity index is 1.98. The van der Waals surface area contributed by atoms with Gasteiger partial charge in [-0.15, -0.1) is 0 Å². The highest BCUT2D eigenvalue weighted by Crippen LogP contribution is 2.22. The predicted octanol–water partition coefficient (Wildman–Crippen LogP) is 0.341. The molecule has 2 heterocycles. The van der Waals surface area contributed by atoms with Crippen molar-refractivity contribution in [3.63, 3.8) is 0 Å². The van der Waals surface area contributed by atoms with Gasteiger partial charge in [0.25, 0.3) is 0 Å². The summed E-state index contributed by atoms with van der Waals surface area (Å²) in [7, 11) is -1.11. The fraction of sp³-hybridized carbons (Fsp3) is 0.818. The van der Waals surface area contributed by atoms with Crippen LogP contribution < -0.4 is 5.32 Å². The molecule has 1 fully saturated rings. The van der Waals surface area contributed by atoms with Crippen LogP contribution in [0, 0.1) is 0 Å². The number of nitrogens with one attached hydrogen (secondary N) is 1. The maximum Gasteiger partial charge on any atom is 0.227 e. The third-order valence-corrected chi connectivity index (χ3v) is 5.50. The summed E-state index contributed by atoms with van der Waals surface area (Å²) >= 11 is 0. The van der Waals surface area contributed by atoms with Crippen molar-refractivity contribution in [1.82, 2.24) is 15.5 Å². The SMILES string of the molecule is CNCCc1noc(CC2CCCCS2(=O)=O)n1. The molecular weight excluding hydrogens is 254 g/mol. The van der Waals surface area contributed by atoms with Gasteiger partial charge in [-0.3, -0.25) is 0 Å². The Morgan fingerprint density at radius 1 is 1.44 bits per heavy atom. The molecule has 102 valence electrons. The van der Waals surface area contributed by atoms with Crippen LogP contribution in [0.5, 0.6) is 0 Å². The van der Waals surface area contributed by atoms with Gasteiger partial charge >= 0.3 is 0 Å². The van der Waals surface area contributed by atoms with Crippen LogP contribution in [0.1, 0.15) is 31.0 Å². The molecule has 0 amide bonds. The van der Waals surface area contributed by atoms with E-state index < -0.39 is 9.84 Å². The first-order valence-corrected chi connectivity index (χ1v) is 8.01. The molecule has 1 aromatic heterocycles. The number of aromatic nitrogens is 2. The zero-order valence-corrected chi connectivity index (χ0v) is 11.4. The Labute approximate surface area is 107 Å². The standard InChI is InChI=1S/C11H19N3O3S/c1-12-6-5-10-13-11(17-14-10)8-9-4-2-3-7-18(9,15)16/h9,12H,2-8H2,1H3. The van der Waals surface area contributed by atoms with Gasteiger partial charge in [0.1, 0.15) is 0 Å². The summed E-state index contributed by atoms with van der Waals surface area (Å²) < 4.78 is 28.8. The average Bonchev–Trinajstić information content (AvgIpc) is 2.77. The van der Waals surface area contributed by atoms with Crippen molar-refractivity contribution in [2.24, 2.45) is 0 Å². The highest BCUT2D eigenvalue weighted by molar-refractivity contribution is 7.92. The van der Waals surface area contributed by atoms with E-state index in [0.717, 1.165) is 19.4 Å². The Hall–Kier alpha value is -0.950. The zero-order chi connectivity index (χ0) is 13.0. The van der Waals surface area contributed by atoms with Gasteiger partial charge in [-0.05, 0) is 19.9 Å². The number of nitrogens with zero attached hydrogens (tertiary/aromatic N) is 2. The Morgan fingerprint density at radius 3 is 3.00 bits per heavy atom. The molecule has 1 saturated heterocycles.